The van der Waals surface area contributed by atoms with Gasteiger partial charge in [-0.1, -0.05) is 6.07 Å². The lowest BCUT2D eigenvalue weighted by Gasteiger charge is -2.32. The molecular weight excluding hydrogens is 556 g/mol. The van der Waals surface area contributed by atoms with Crippen molar-refractivity contribution in [1.82, 2.24) is 24.1 Å². The summed E-state index contributed by atoms with van der Waals surface area (Å²) in [5, 5.41) is 0.466. The second-order valence-electron chi connectivity index (χ2n) is 9.95. The van der Waals surface area contributed by atoms with Crippen LogP contribution in [0, 0.1) is 11.6 Å². The zero-order valence-electron chi connectivity index (χ0n) is 22.4. The number of nitrogens with zero attached hydrogens (tertiary/aromatic N) is 3. The van der Waals surface area contributed by atoms with Crippen LogP contribution in [0.3, 0.4) is 0 Å². The molecule has 1 amide bonds. The zero-order chi connectivity index (χ0) is 29.3. The van der Waals surface area contributed by atoms with E-state index in [1.807, 2.05) is 7.05 Å². The van der Waals surface area contributed by atoms with E-state index in [0.717, 1.165) is 24.7 Å². The van der Waals surface area contributed by atoms with Crippen LogP contribution in [0.1, 0.15) is 16.1 Å². The van der Waals surface area contributed by atoms with Crippen molar-refractivity contribution in [1.29, 1.82) is 0 Å². The van der Waals surface area contributed by atoms with Gasteiger partial charge in [-0.05, 0) is 49.4 Å². The van der Waals surface area contributed by atoms with Crippen molar-refractivity contribution in [2.75, 3.05) is 39.8 Å². The Labute approximate surface area is 236 Å². The first-order chi connectivity index (χ1) is 19.6. The average Bonchev–Trinajstić information content (AvgIpc) is 3.39. The number of halogens is 2. The molecule has 1 saturated heterocycles. The van der Waals surface area contributed by atoms with E-state index in [4.69, 9.17) is 4.74 Å². The highest BCUT2D eigenvalue weighted by Gasteiger charge is 2.24. The fourth-order valence-electron chi connectivity index (χ4n) is 4.84. The molecule has 13 heteroatoms. The molecule has 0 radical (unpaired) electrons. The molecule has 2 N–H and O–H groups in total. The summed E-state index contributed by atoms with van der Waals surface area (Å²) in [7, 11) is 0.800. The molecule has 216 valence electrons. The third-order valence-electron chi connectivity index (χ3n) is 7.09. The van der Waals surface area contributed by atoms with Crippen molar-refractivity contribution in [2.45, 2.75) is 6.42 Å². The van der Waals surface area contributed by atoms with E-state index in [1.165, 1.54) is 10.6 Å². The second kappa shape index (κ2) is 11.8. The summed E-state index contributed by atoms with van der Waals surface area (Å²) >= 11 is 0. The van der Waals surface area contributed by atoms with Gasteiger partial charge in [-0.15, -0.1) is 0 Å². The van der Waals surface area contributed by atoms with E-state index in [0.29, 0.717) is 42.1 Å². The number of hydrogen-bond acceptors (Lipinski definition) is 6. The van der Waals surface area contributed by atoms with Gasteiger partial charge in [0.05, 0.1) is 0 Å². The topological polar surface area (TPSA) is 117 Å². The molecule has 1 aliphatic rings. The zero-order valence-corrected chi connectivity index (χ0v) is 23.3. The number of aryl methyl sites for hydroxylation is 1. The normalized spacial score (nSPS) is 14.2. The van der Waals surface area contributed by atoms with E-state index in [-0.39, 0.29) is 40.7 Å². The monoisotopic (exact) mass is 585 g/mol. The van der Waals surface area contributed by atoms with Gasteiger partial charge in [0.1, 0.15) is 22.8 Å². The molecule has 41 heavy (non-hydrogen) atoms. The van der Waals surface area contributed by atoms with Crippen molar-refractivity contribution < 1.29 is 26.7 Å². The highest BCUT2D eigenvalue weighted by atomic mass is 32.2. The van der Waals surface area contributed by atoms with Crippen molar-refractivity contribution >= 4 is 27.7 Å². The van der Waals surface area contributed by atoms with Crippen molar-refractivity contribution in [2.24, 2.45) is 7.05 Å². The van der Waals surface area contributed by atoms with Gasteiger partial charge in [-0.2, -0.15) is 0 Å². The lowest BCUT2D eigenvalue weighted by atomic mass is 9.99. The number of H-pyrrole nitrogens is 1. The Kier molecular flexibility index (Phi) is 8.20. The minimum atomic E-state index is -2.77. The van der Waals surface area contributed by atoms with Crippen LogP contribution in [-0.4, -0.2) is 73.4 Å². The molecule has 0 spiro atoms. The number of thiol groups is 1. The summed E-state index contributed by atoms with van der Waals surface area (Å²) < 4.78 is 59.6. The van der Waals surface area contributed by atoms with E-state index in [1.54, 1.807) is 42.4 Å². The van der Waals surface area contributed by atoms with Crippen molar-refractivity contribution in [3.8, 4) is 22.6 Å². The molecule has 0 atom stereocenters. The first kappa shape index (κ1) is 28.5. The SMILES string of the molecule is CN1CCN(C(=O)c2cc3c(-c4cc(CCN[SH](=O)=O)ccc4Oc4ccc(F)cc4F)cn(C)c(=O)c3[nH]2)CC1. The molecule has 0 bridgehead atoms. The van der Waals surface area contributed by atoms with Gasteiger partial charge < -0.3 is 24.1 Å². The highest BCUT2D eigenvalue weighted by Crippen LogP contribution is 2.38. The Bertz CT molecular complexity index is 1750. The summed E-state index contributed by atoms with van der Waals surface area (Å²) in [5.41, 5.74) is 1.88. The van der Waals surface area contributed by atoms with Crippen molar-refractivity contribution in [3.05, 3.63) is 81.9 Å². The number of fused-ring (bicyclic) bond motifs is 1. The van der Waals surface area contributed by atoms with Crippen LogP contribution in [0.4, 0.5) is 8.78 Å². The van der Waals surface area contributed by atoms with Gasteiger partial charge in [-0.3, -0.25) is 9.59 Å². The standard InChI is InChI=1S/C28H29F2N5O5S/c1-33-9-11-35(12-10-33)27(36)23-15-20-21(16-34(2)28(37)26(20)32-23)19-13-17(7-8-31-41(38)39)3-5-24(19)40-25-6-4-18(29)14-22(25)30/h3-6,13-16,32,41H,7-12H2,1-2H3,(H,31,38,39). The number of likely N-dealkylation sites (N-methyl/N-ethyl adjacent to an activating group) is 1. The van der Waals surface area contributed by atoms with Crippen LogP contribution >= 0.6 is 0 Å². The number of aromatic amines is 1. The Hall–Kier alpha value is -4.07. The number of rotatable bonds is 8. The van der Waals surface area contributed by atoms with Crippen LogP contribution in [0.5, 0.6) is 11.5 Å². The largest absolute Gasteiger partial charge is 0.454 e. The molecule has 4 aromatic rings. The number of aromatic nitrogens is 2. The molecule has 0 aliphatic carbocycles. The third-order valence-corrected chi connectivity index (χ3v) is 7.57. The Balaban J connectivity index is 1.62. The predicted molar refractivity (Wildman–Crippen MR) is 151 cm³/mol. The Morgan fingerprint density at radius 2 is 1.73 bits per heavy atom. The molecule has 1 aliphatic heterocycles. The maximum atomic E-state index is 14.5. The lowest BCUT2D eigenvalue weighted by Crippen LogP contribution is -2.47. The van der Waals surface area contributed by atoms with Crippen LogP contribution < -0.4 is 15.0 Å². The number of carbonyl (C=O) groups excluding carboxylic acids is 1. The van der Waals surface area contributed by atoms with E-state index in [2.05, 4.69) is 14.6 Å². The van der Waals surface area contributed by atoms with E-state index < -0.39 is 22.5 Å². The predicted octanol–water partition coefficient (Wildman–Crippen LogP) is 2.65. The summed E-state index contributed by atoms with van der Waals surface area (Å²) in [6.45, 7) is 2.74. The van der Waals surface area contributed by atoms with Crippen LogP contribution in [0.15, 0.2) is 53.5 Å². The molecule has 10 nitrogen and oxygen atoms in total. The van der Waals surface area contributed by atoms with Crippen LogP contribution in [0.25, 0.3) is 22.0 Å². The summed E-state index contributed by atoms with van der Waals surface area (Å²) in [5.74, 6) is -1.85. The van der Waals surface area contributed by atoms with E-state index >= 15 is 0 Å². The molecule has 2 aromatic heterocycles. The summed E-state index contributed by atoms with van der Waals surface area (Å²) in [6, 6.07) is 9.66. The number of amides is 1. The Morgan fingerprint density at radius 1 is 1.00 bits per heavy atom. The molecule has 1 fully saturated rings. The van der Waals surface area contributed by atoms with Crippen molar-refractivity contribution in [3.63, 3.8) is 0 Å². The molecule has 5 rings (SSSR count). The maximum absolute atomic E-state index is 14.5. The van der Waals surface area contributed by atoms with Gasteiger partial charge in [0.25, 0.3) is 11.5 Å². The lowest BCUT2D eigenvalue weighted by molar-refractivity contribution is 0.0659. The minimum absolute atomic E-state index is 0.154. The number of piperazine rings is 1. The Morgan fingerprint density at radius 3 is 2.44 bits per heavy atom. The van der Waals surface area contributed by atoms with Gasteiger partial charge in [0.15, 0.2) is 11.6 Å². The summed E-state index contributed by atoms with van der Waals surface area (Å²) in [4.78, 5) is 33.3. The number of benzene rings is 2. The highest BCUT2D eigenvalue weighted by molar-refractivity contribution is 7.70. The number of hydrogen-bond donors (Lipinski definition) is 3. The fourth-order valence-corrected chi connectivity index (χ4v) is 5.14. The second-order valence-corrected chi connectivity index (χ2v) is 10.8. The first-order valence-electron chi connectivity index (χ1n) is 12.9. The third kappa shape index (κ3) is 6.16. The van der Waals surface area contributed by atoms with Gasteiger partial charge in [0.2, 0.25) is 10.9 Å². The number of pyridine rings is 1. The quantitative estimate of drug-likeness (QED) is 0.274. The molecule has 0 saturated carbocycles. The number of ether oxygens (including phenoxy) is 1. The first-order valence-corrected chi connectivity index (χ1v) is 14.1. The number of carbonyl (C=O) groups is 1. The smallest absolute Gasteiger partial charge is 0.274 e. The van der Waals surface area contributed by atoms with Gasteiger partial charge in [0, 0.05) is 68.5 Å². The fraction of sp³-hybridized carbons (Fsp3) is 0.286. The molecule has 3 heterocycles. The van der Waals surface area contributed by atoms with Gasteiger partial charge >= 0.3 is 0 Å². The van der Waals surface area contributed by atoms with E-state index in [9.17, 15) is 26.8 Å². The molecular formula is C28H29F2N5O5S. The summed E-state index contributed by atoms with van der Waals surface area (Å²) in [6.07, 6.45) is 1.94. The number of nitrogens with one attached hydrogen (secondary N) is 2. The average molecular weight is 586 g/mol. The minimum Gasteiger partial charge on any atom is -0.454 e. The van der Waals surface area contributed by atoms with Gasteiger partial charge in [-0.25, -0.2) is 21.9 Å². The maximum Gasteiger partial charge on any atom is 0.274 e. The van der Waals surface area contributed by atoms with Crippen LogP contribution in [-0.2, 0) is 24.4 Å². The van der Waals surface area contributed by atoms with Crippen LogP contribution in [0.2, 0.25) is 0 Å². The molecule has 2 aromatic carbocycles. The molecule has 0 unspecified atom stereocenters.